The lowest BCUT2D eigenvalue weighted by Gasteiger charge is -1.98. The highest BCUT2D eigenvalue weighted by Gasteiger charge is 2.27. The van der Waals surface area contributed by atoms with Crippen molar-refractivity contribution < 1.29 is 21.5 Å². The van der Waals surface area contributed by atoms with Gasteiger partial charge in [0.05, 0.1) is 5.25 Å². The number of aromatic nitrogens is 1. The first kappa shape index (κ1) is 11.1. The Morgan fingerprint density at radius 2 is 2.38 bits per heavy atom. The molecule has 1 aromatic rings. The molecule has 3 heteroatoms. The van der Waals surface area contributed by atoms with Gasteiger partial charge in [0.15, 0.2) is 12.7 Å². The lowest BCUT2D eigenvalue weighted by atomic mass is 10.2. The predicted octanol–water partition coefficient (Wildman–Crippen LogP) is -0.747. The molecule has 1 aliphatic heterocycles. The average Bonchev–Trinajstić information content (AvgIpc) is 2.47. The minimum atomic E-state index is 0. The molecule has 2 heterocycles. The third-order valence-electron chi connectivity index (χ3n) is 2.20. The van der Waals surface area contributed by atoms with E-state index in [0.29, 0.717) is 0 Å². The van der Waals surface area contributed by atoms with E-state index in [-0.39, 0.29) is 17.0 Å². The van der Waals surface area contributed by atoms with Crippen LogP contribution in [0.5, 0.6) is 0 Å². The summed E-state index contributed by atoms with van der Waals surface area (Å²) in [5, 5.41) is 2.24. The molecule has 0 saturated heterocycles. The van der Waals surface area contributed by atoms with Gasteiger partial charge in [-0.05, 0) is 24.2 Å². The molecule has 0 saturated carbocycles. The summed E-state index contributed by atoms with van der Waals surface area (Å²) in [5.41, 5.74) is 0. The van der Waals surface area contributed by atoms with Crippen molar-refractivity contribution in [3.8, 4) is 0 Å². The molecule has 0 N–H and O–H groups in total. The molecule has 0 spiro atoms. The Hall–Kier alpha value is -0.0200. The molecular formula is C10H14BrNS. The van der Waals surface area contributed by atoms with Crippen molar-refractivity contribution in [2.45, 2.75) is 36.6 Å². The first-order valence-corrected chi connectivity index (χ1v) is 5.43. The Bertz CT molecular complexity index is 252. The smallest absolute Gasteiger partial charge is 0.240 e. The Morgan fingerprint density at radius 3 is 3.08 bits per heavy atom. The molecule has 1 aliphatic rings. The topological polar surface area (TPSA) is 3.88 Å². The first-order chi connectivity index (χ1) is 5.90. The Morgan fingerprint density at radius 1 is 1.54 bits per heavy atom. The predicted molar refractivity (Wildman–Crippen MR) is 51.2 cm³/mol. The molecule has 72 valence electrons. The number of rotatable bonds is 2. The van der Waals surface area contributed by atoms with Gasteiger partial charge in [0, 0.05) is 12.1 Å². The molecule has 0 amide bonds. The maximum absolute atomic E-state index is 2.35. The van der Waals surface area contributed by atoms with Crippen molar-refractivity contribution in [1.82, 2.24) is 0 Å². The molecule has 1 aromatic heterocycles. The fraction of sp³-hybridized carbons (Fsp3) is 0.500. The SMILES string of the molecule is CCCC1C[n+]2ccccc2S1.[Br-]. The summed E-state index contributed by atoms with van der Waals surface area (Å²) in [6.07, 6.45) is 4.82. The van der Waals surface area contributed by atoms with Gasteiger partial charge < -0.3 is 17.0 Å². The number of fused-ring (bicyclic) bond motifs is 1. The molecule has 0 radical (unpaired) electrons. The fourth-order valence-electron chi connectivity index (χ4n) is 1.62. The third-order valence-corrected chi connectivity index (χ3v) is 3.53. The van der Waals surface area contributed by atoms with E-state index < -0.39 is 0 Å². The van der Waals surface area contributed by atoms with Crippen molar-refractivity contribution in [1.29, 1.82) is 0 Å². The first-order valence-electron chi connectivity index (χ1n) is 4.55. The van der Waals surface area contributed by atoms with E-state index in [9.17, 15) is 0 Å². The Balaban J connectivity index is 0.000000845. The summed E-state index contributed by atoms with van der Waals surface area (Å²) < 4.78 is 2.35. The van der Waals surface area contributed by atoms with Crippen LogP contribution in [0.1, 0.15) is 19.8 Å². The van der Waals surface area contributed by atoms with Gasteiger partial charge in [-0.15, -0.1) is 0 Å². The van der Waals surface area contributed by atoms with Gasteiger partial charge in [-0.3, -0.25) is 0 Å². The van der Waals surface area contributed by atoms with Crippen LogP contribution in [0.4, 0.5) is 0 Å². The van der Waals surface area contributed by atoms with Gasteiger partial charge >= 0.3 is 0 Å². The largest absolute Gasteiger partial charge is 1.00 e. The molecular weight excluding hydrogens is 246 g/mol. The summed E-state index contributed by atoms with van der Waals surface area (Å²) in [6.45, 7) is 3.46. The van der Waals surface area contributed by atoms with E-state index in [0.717, 1.165) is 5.25 Å². The maximum atomic E-state index is 2.35. The summed E-state index contributed by atoms with van der Waals surface area (Å²) in [6, 6.07) is 6.44. The second kappa shape index (κ2) is 5.01. The molecule has 0 bridgehead atoms. The lowest BCUT2D eigenvalue weighted by molar-refractivity contribution is -0.726. The van der Waals surface area contributed by atoms with Crippen LogP contribution in [-0.4, -0.2) is 5.25 Å². The average molecular weight is 260 g/mol. The van der Waals surface area contributed by atoms with Gasteiger partial charge in [0.1, 0.15) is 0 Å². The van der Waals surface area contributed by atoms with Gasteiger partial charge in [-0.25, -0.2) is 0 Å². The summed E-state index contributed by atoms with van der Waals surface area (Å²) in [7, 11) is 0. The van der Waals surface area contributed by atoms with E-state index in [1.165, 1.54) is 24.4 Å². The van der Waals surface area contributed by atoms with Crippen LogP contribution in [0, 0.1) is 0 Å². The highest BCUT2D eigenvalue weighted by molar-refractivity contribution is 7.99. The molecule has 0 aromatic carbocycles. The number of pyridine rings is 1. The zero-order valence-corrected chi connectivity index (χ0v) is 10.1. The van der Waals surface area contributed by atoms with Crippen molar-refractivity contribution in [2.24, 2.45) is 0 Å². The van der Waals surface area contributed by atoms with Gasteiger partial charge in [0.2, 0.25) is 5.03 Å². The number of halogens is 1. The standard InChI is InChI=1S/C10H14NS.BrH/c1-2-5-9-8-11-7-4-3-6-10(11)12-9;/h3-4,6-7,9H,2,5,8H2,1H3;1H/q+1;/p-1. The van der Waals surface area contributed by atoms with E-state index >= 15 is 0 Å². The molecule has 13 heavy (non-hydrogen) atoms. The van der Waals surface area contributed by atoms with Crippen LogP contribution in [0.3, 0.4) is 0 Å². The van der Waals surface area contributed by atoms with Crippen molar-refractivity contribution in [3.05, 3.63) is 24.4 Å². The second-order valence-corrected chi connectivity index (χ2v) is 4.54. The van der Waals surface area contributed by atoms with Gasteiger partial charge in [-0.1, -0.05) is 13.3 Å². The molecule has 1 atom stereocenters. The molecule has 1 unspecified atom stereocenters. The minimum absolute atomic E-state index is 0. The summed E-state index contributed by atoms with van der Waals surface area (Å²) in [5.74, 6) is 0. The van der Waals surface area contributed by atoms with E-state index in [4.69, 9.17) is 0 Å². The van der Waals surface area contributed by atoms with Crippen LogP contribution in [-0.2, 0) is 6.54 Å². The minimum Gasteiger partial charge on any atom is -1.00 e. The third kappa shape index (κ3) is 2.47. The van der Waals surface area contributed by atoms with Crippen molar-refractivity contribution in [2.75, 3.05) is 0 Å². The molecule has 1 nitrogen and oxygen atoms in total. The quantitative estimate of drug-likeness (QED) is 0.633. The van der Waals surface area contributed by atoms with E-state index in [2.05, 4.69) is 35.9 Å². The maximum Gasteiger partial charge on any atom is 0.240 e. The van der Waals surface area contributed by atoms with Crippen LogP contribution in [0.25, 0.3) is 0 Å². The van der Waals surface area contributed by atoms with Crippen molar-refractivity contribution >= 4 is 11.8 Å². The number of nitrogens with zero attached hydrogens (tertiary/aromatic N) is 1. The van der Waals surface area contributed by atoms with Gasteiger partial charge in [-0.2, -0.15) is 4.57 Å². The second-order valence-electron chi connectivity index (χ2n) is 3.22. The van der Waals surface area contributed by atoms with Crippen LogP contribution in [0.15, 0.2) is 29.4 Å². The zero-order valence-electron chi connectivity index (χ0n) is 7.74. The van der Waals surface area contributed by atoms with Gasteiger partial charge in [0.25, 0.3) is 0 Å². The highest BCUT2D eigenvalue weighted by atomic mass is 79.9. The number of hydrogen-bond donors (Lipinski definition) is 0. The van der Waals surface area contributed by atoms with Crippen LogP contribution in [0.2, 0.25) is 0 Å². The van der Waals surface area contributed by atoms with Crippen LogP contribution >= 0.6 is 11.8 Å². The monoisotopic (exact) mass is 259 g/mol. The van der Waals surface area contributed by atoms with E-state index in [1.807, 2.05) is 11.8 Å². The van der Waals surface area contributed by atoms with Crippen LogP contribution < -0.4 is 21.5 Å². The molecule has 0 fully saturated rings. The zero-order chi connectivity index (χ0) is 8.39. The lowest BCUT2D eigenvalue weighted by Crippen LogP contribution is -3.00. The molecule has 0 aliphatic carbocycles. The van der Waals surface area contributed by atoms with E-state index in [1.54, 1.807) is 0 Å². The Labute approximate surface area is 94.3 Å². The summed E-state index contributed by atoms with van der Waals surface area (Å²) >= 11 is 2.02. The molecule has 2 rings (SSSR count). The number of hydrogen-bond acceptors (Lipinski definition) is 1. The van der Waals surface area contributed by atoms with Crippen molar-refractivity contribution in [3.63, 3.8) is 0 Å². The highest BCUT2D eigenvalue weighted by Crippen LogP contribution is 2.28. The Kier molecular flexibility index (Phi) is 4.26. The number of thioether (sulfide) groups is 1. The summed E-state index contributed by atoms with van der Waals surface area (Å²) in [4.78, 5) is 0. The fourth-order valence-corrected chi connectivity index (χ4v) is 2.98. The normalized spacial score (nSPS) is 19.3.